The molecule has 0 amide bonds. The molecule has 0 saturated carbocycles. The normalized spacial score (nSPS) is 28.1. The molecule has 152 valence electrons. The van der Waals surface area contributed by atoms with E-state index in [1.54, 1.807) is 7.11 Å². The Kier molecular flexibility index (Phi) is 5.37. The lowest BCUT2D eigenvalue weighted by molar-refractivity contribution is -0.148. The van der Waals surface area contributed by atoms with E-state index in [1.165, 1.54) is 11.1 Å². The number of ether oxygens (including phenoxy) is 3. The van der Waals surface area contributed by atoms with Crippen LogP contribution in [0.15, 0.2) is 24.3 Å². The highest BCUT2D eigenvalue weighted by molar-refractivity contribution is 5.70. The van der Waals surface area contributed by atoms with Crippen molar-refractivity contribution < 1.29 is 19.0 Å². The van der Waals surface area contributed by atoms with Crippen molar-refractivity contribution in [1.82, 2.24) is 4.90 Å². The summed E-state index contributed by atoms with van der Waals surface area (Å²) in [5.74, 6) is 1.56. The van der Waals surface area contributed by atoms with Crippen LogP contribution in [0.3, 0.4) is 0 Å². The lowest BCUT2D eigenvalue weighted by Gasteiger charge is -2.36. The first-order valence-corrected chi connectivity index (χ1v) is 10.5. The Morgan fingerprint density at radius 3 is 3.00 bits per heavy atom. The maximum atomic E-state index is 12.2. The molecule has 4 rings (SSSR count). The summed E-state index contributed by atoms with van der Waals surface area (Å²) in [6, 6.07) is 4.17. The van der Waals surface area contributed by atoms with Crippen LogP contribution in [0.2, 0.25) is 0 Å². The van der Waals surface area contributed by atoms with E-state index in [1.807, 2.05) is 6.07 Å². The van der Waals surface area contributed by atoms with Crippen molar-refractivity contribution in [3.63, 3.8) is 0 Å². The van der Waals surface area contributed by atoms with Gasteiger partial charge in [0.1, 0.15) is 12.2 Å². The Morgan fingerprint density at radius 1 is 1.36 bits per heavy atom. The zero-order valence-corrected chi connectivity index (χ0v) is 17.2. The van der Waals surface area contributed by atoms with Gasteiger partial charge in [-0.3, -0.25) is 4.79 Å². The Labute approximate surface area is 167 Å². The molecule has 0 N–H and O–H groups in total. The molecule has 2 aliphatic heterocycles. The van der Waals surface area contributed by atoms with E-state index >= 15 is 0 Å². The largest absolute Gasteiger partial charge is 0.493 e. The molecule has 3 aliphatic rings. The molecule has 1 unspecified atom stereocenters. The summed E-state index contributed by atoms with van der Waals surface area (Å²) in [7, 11) is 3.85. The number of benzene rings is 1. The van der Waals surface area contributed by atoms with Gasteiger partial charge in [-0.25, -0.2) is 0 Å². The number of hydrogen-bond donors (Lipinski definition) is 0. The number of rotatable bonds is 6. The van der Waals surface area contributed by atoms with Crippen molar-refractivity contribution in [1.29, 1.82) is 0 Å². The van der Waals surface area contributed by atoms with Gasteiger partial charge < -0.3 is 19.1 Å². The molecule has 0 bridgehead atoms. The molecule has 5 heteroatoms. The highest BCUT2D eigenvalue weighted by Crippen LogP contribution is 2.55. The SMILES string of the molecule is CCCCCC(=O)OC1C=C[C@@]23CCN(C)Cc4ccc(OC)c(c42)O[C@H]3C1. The van der Waals surface area contributed by atoms with Gasteiger partial charge in [0.25, 0.3) is 0 Å². The highest BCUT2D eigenvalue weighted by atomic mass is 16.6. The Balaban J connectivity index is 1.60. The average molecular weight is 386 g/mol. The van der Waals surface area contributed by atoms with E-state index in [0.717, 1.165) is 50.3 Å². The van der Waals surface area contributed by atoms with Gasteiger partial charge in [0.2, 0.25) is 0 Å². The third kappa shape index (κ3) is 3.30. The van der Waals surface area contributed by atoms with E-state index in [9.17, 15) is 4.79 Å². The summed E-state index contributed by atoms with van der Waals surface area (Å²) < 4.78 is 17.8. The molecule has 0 saturated heterocycles. The minimum atomic E-state index is -0.213. The Morgan fingerprint density at radius 2 is 2.21 bits per heavy atom. The molecular weight excluding hydrogens is 354 g/mol. The summed E-state index contributed by atoms with van der Waals surface area (Å²) in [4.78, 5) is 14.5. The number of carbonyl (C=O) groups excluding carboxylic acids is 1. The van der Waals surface area contributed by atoms with Crippen LogP contribution >= 0.6 is 0 Å². The van der Waals surface area contributed by atoms with Gasteiger partial charge in [-0.2, -0.15) is 0 Å². The van der Waals surface area contributed by atoms with Crippen LogP contribution in [0.5, 0.6) is 11.5 Å². The molecular formula is C23H31NO4. The summed E-state index contributed by atoms with van der Waals surface area (Å²) in [6.45, 7) is 4.05. The molecule has 1 aromatic rings. The third-order valence-corrected chi connectivity index (χ3v) is 6.40. The second kappa shape index (κ2) is 7.78. The van der Waals surface area contributed by atoms with E-state index in [0.29, 0.717) is 12.8 Å². The molecule has 1 aromatic carbocycles. The van der Waals surface area contributed by atoms with E-state index in [4.69, 9.17) is 14.2 Å². The Hall–Kier alpha value is -2.01. The first kappa shape index (κ1) is 19.3. The molecule has 0 fully saturated rings. The van der Waals surface area contributed by atoms with Crippen molar-refractivity contribution >= 4 is 5.97 Å². The topological polar surface area (TPSA) is 48.0 Å². The fraction of sp³-hybridized carbons (Fsp3) is 0.609. The number of unbranched alkanes of at least 4 members (excludes halogenated alkanes) is 2. The zero-order chi connectivity index (χ0) is 19.7. The second-order valence-electron chi connectivity index (χ2n) is 8.35. The minimum absolute atomic E-state index is 0.0255. The lowest BCUT2D eigenvalue weighted by Crippen LogP contribution is -2.43. The fourth-order valence-corrected chi connectivity index (χ4v) is 4.90. The van der Waals surface area contributed by atoms with Crippen LogP contribution in [0.25, 0.3) is 0 Å². The number of carbonyl (C=O) groups is 1. The van der Waals surface area contributed by atoms with E-state index in [2.05, 4.69) is 37.1 Å². The molecule has 3 atom stereocenters. The summed E-state index contributed by atoms with van der Waals surface area (Å²) >= 11 is 0. The first-order valence-electron chi connectivity index (χ1n) is 10.5. The van der Waals surface area contributed by atoms with Crippen LogP contribution in [-0.2, 0) is 21.5 Å². The monoisotopic (exact) mass is 385 g/mol. The van der Waals surface area contributed by atoms with Crippen molar-refractivity contribution in [3.05, 3.63) is 35.4 Å². The smallest absolute Gasteiger partial charge is 0.306 e. The van der Waals surface area contributed by atoms with Gasteiger partial charge in [-0.15, -0.1) is 0 Å². The summed E-state index contributed by atoms with van der Waals surface area (Å²) in [5.41, 5.74) is 2.41. The van der Waals surface area contributed by atoms with Gasteiger partial charge in [0.05, 0.1) is 12.5 Å². The van der Waals surface area contributed by atoms with Gasteiger partial charge in [0.15, 0.2) is 11.5 Å². The van der Waals surface area contributed by atoms with E-state index in [-0.39, 0.29) is 23.6 Å². The number of hydrogen-bond acceptors (Lipinski definition) is 5. The fourth-order valence-electron chi connectivity index (χ4n) is 4.90. The van der Waals surface area contributed by atoms with Crippen molar-refractivity contribution in [2.75, 3.05) is 20.7 Å². The predicted molar refractivity (Wildman–Crippen MR) is 108 cm³/mol. The molecule has 2 heterocycles. The zero-order valence-electron chi connectivity index (χ0n) is 17.2. The third-order valence-electron chi connectivity index (χ3n) is 6.40. The van der Waals surface area contributed by atoms with Crippen LogP contribution < -0.4 is 9.47 Å². The molecule has 5 nitrogen and oxygen atoms in total. The predicted octanol–water partition coefficient (Wildman–Crippen LogP) is 3.98. The Bertz CT molecular complexity index is 774. The van der Waals surface area contributed by atoms with Gasteiger partial charge in [-0.05, 0) is 44.1 Å². The molecule has 28 heavy (non-hydrogen) atoms. The first-order chi connectivity index (χ1) is 13.6. The van der Waals surface area contributed by atoms with Gasteiger partial charge in [0, 0.05) is 24.9 Å². The standard InChI is InChI=1S/C23H31NO4/c1-4-5-6-7-20(25)27-17-10-11-23-12-13-24(2)15-16-8-9-18(26-3)22(21(16)23)28-19(23)14-17/h8-11,17,19H,4-7,12-15H2,1-3H3/t17?,19-,23-/m0/s1. The number of methoxy groups -OCH3 is 1. The second-order valence-corrected chi connectivity index (χ2v) is 8.35. The van der Waals surface area contributed by atoms with Crippen LogP contribution in [0.4, 0.5) is 0 Å². The van der Waals surface area contributed by atoms with E-state index < -0.39 is 0 Å². The number of nitrogens with zero attached hydrogens (tertiary/aromatic N) is 1. The van der Waals surface area contributed by atoms with Crippen LogP contribution in [0, 0.1) is 0 Å². The molecule has 1 aliphatic carbocycles. The summed E-state index contributed by atoms with van der Waals surface area (Å²) in [5, 5.41) is 0. The maximum Gasteiger partial charge on any atom is 0.306 e. The average Bonchev–Trinajstić information content (AvgIpc) is 2.94. The lowest BCUT2D eigenvalue weighted by atomic mass is 9.69. The minimum Gasteiger partial charge on any atom is -0.493 e. The molecule has 0 radical (unpaired) electrons. The van der Waals surface area contributed by atoms with Crippen molar-refractivity contribution in [2.24, 2.45) is 0 Å². The quantitative estimate of drug-likeness (QED) is 0.421. The van der Waals surface area contributed by atoms with Crippen molar-refractivity contribution in [3.8, 4) is 11.5 Å². The van der Waals surface area contributed by atoms with Gasteiger partial charge >= 0.3 is 5.97 Å². The highest BCUT2D eigenvalue weighted by Gasteiger charge is 2.53. The maximum absolute atomic E-state index is 12.2. The number of esters is 1. The van der Waals surface area contributed by atoms with Crippen LogP contribution in [0.1, 0.15) is 56.6 Å². The molecule has 0 aromatic heterocycles. The van der Waals surface area contributed by atoms with Gasteiger partial charge in [-0.1, -0.05) is 31.9 Å². The van der Waals surface area contributed by atoms with Crippen molar-refractivity contribution in [2.45, 2.75) is 69.6 Å². The molecule has 1 spiro atoms. The van der Waals surface area contributed by atoms with Crippen LogP contribution in [-0.4, -0.2) is 43.8 Å². The summed E-state index contributed by atoms with van der Waals surface area (Å²) in [6.07, 6.45) is 9.34.